The summed E-state index contributed by atoms with van der Waals surface area (Å²) in [4.78, 5) is 29.4. The predicted molar refractivity (Wildman–Crippen MR) is 85.5 cm³/mol. The number of primary amides is 1. The quantitative estimate of drug-likeness (QED) is 0.906. The van der Waals surface area contributed by atoms with Crippen LogP contribution in [0.4, 0.5) is 4.79 Å². The standard InChI is InChI=1S/C15H18N4O2S/c16-15(21)18-13(20)9-19-8-4-3-6-11(19)14-17-10-5-1-2-7-12(10)22-14/h1-2,5,7,11H,3-4,6,8-9H2,(H3,16,18,20,21)/t11-/m0/s1. The van der Waals surface area contributed by atoms with Crippen molar-refractivity contribution in [1.82, 2.24) is 15.2 Å². The largest absolute Gasteiger partial charge is 0.351 e. The number of para-hydroxylation sites is 1. The van der Waals surface area contributed by atoms with E-state index < -0.39 is 6.03 Å². The minimum Gasteiger partial charge on any atom is -0.351 e. The van der Waals surface area contributed by atoms with Crippen LogP contribution in [0.1, 0.15) is 30.3 Å². The summed E-state index contributed by atoms with van der Waals surface area (Å²) in [6.07, 6.45) is 3.14. The lowest BCUT2D eigenvalue weighted by Crippen LogP contribution is -2.44. The Labute approximate surface area is 132 Å². The number of nitrogens with zero attached hydrogens (tertiary/aromatic N) is 2. The molecule has 1 aliphatic rings. The molecule has 0 unspecified atom stereocenters. The van der Waals surface area contributed by atoms with Gasteiger partial charge in [0, 0.05) is 0 Å². The van der Waals surface area contributed by atoms with Crippen LogP contribution in [0, 0.1) is 0 Å². The Kier molecular flexibility index (Phi) is 4.35. The molecule has 1 aliphatic heterocycles. The van der Waals surface area contributed by atoms with E-state index in [-0.39, 0.29) is 18.5 Å². The van der Waals surface area contributed by atoms with Crippen molar-refractivity contribution in [2.45, 2.75) is 25.3 Å². The van der Waals surface area contributed by atoms with Crippen molar-refractivity contribution >= 4 is 33.5 Å². The number of likely N-dealkylation sites (tertiary alicyclic amines) is 1. The van der Waals surface area contributed by atoms with Crippen LogP contribution in [-0.2, 0) is 4.79 Å². The van der Waals surface area contributed by atoms with E-state index in [1.807, 2.05) is 18.2 Å². The van der Waals surface area contributed by atoms with Crippen LogP contribution in [0.3, 0.4) is 0 Å². The summed E-state index contributed by atoms with van der Waals surface area (Å²) in [5, 5.41) is 3.16. The number of rotatable bonds is 3. The van der Waals surface area contributed by atoms with Gasteiger partial charge in [0.2, 0.25) is 5.91 Å². The van der Waals surface area contributed by atoms with Gasteiger partial charge in [0.25, 0.3) is 0 Å². The molecular weight excluding hydrogens is 300 g/mol. The smallest absolute Gasteiger partial charge is 0.318 e. The molecule has 1 atom stereocenters. The summed E-state index contributed by atoms with van der Waals surface area (Å²) in [5.74, 6) is -0.361. The molecule has 0 saturated carbocycles. The second-order valence-electron chi connectivity index (χ2n) is 5.41. The van der Waals surface area contributed by atoms with Crippen LogP contribution >= 0.6 is 11.3 Å². The first-order chi connectivity index (χ1) is 10.6. The molecule has 3 amide bonds. The highest BCUT2D eigenvalue weighted by atomic mass is 32.1. The highest BCUT2D eigenvalue weighted by Crippen LogP contribution is 2.35. The molecule has 0 radical (unpaired) electrons. The van der Waals surface area contributed by atoms with Crippen molar-refractivity contribution in [3.63, 3.8) is 0 Å². The average molecular weight is 318 g/mol. The van der Waals surface area contributed by atoms with E-state index in [4.69, 9.17) is 10.7 Å². The molecule has 2 heterocycles. The number of amides is 3. The maximum absolute atomic E-state index is 11.8. The van der Waals surface area contributed by atoms with E-state index in [1.165, 1.54) is 0 Å². The Morgan fingerprint density at radius 1 is 1.36 bits per heavy atom. The summed E-state index contributed by atoms with van der Waals surface area (Å²) >= 11 is 1.67. The highest BCUT2D eigenvalue weighted by molar-refractivity contribution is 7.18. The molecular formula is C15H18N4O2S. The van der Waals surface area contributed by atoms with Gasteiger partial charge in [0.1, 0.15) is 5.01 Å². The van der Waals surface area contributed by atoms with Gasteiger partial charge in [-0.15, -0.1) is 11.3 Å². The topological polar surface area (TPSA) is 88.3 Å². The van der Waals surface area contributed by atoms with Crippen LogP contribution in [-0.4, -0.2) is 34.9 Å². The number of thiazole rings is 1. The number of imide groups is 1. The number of carbonyl (C=O) groups excluding carboxylic acids is 2. The van der Waals surface area contributed by atoms with Crippen molar-refractivity contribution in [3.05, 3.63) is 29.3 Å². The summed E-state index contributed by atoms with van der Waals surface area (Å²) in [6, 6.07) is 7.36. The Morgan fingerprint density at radius 2 is 2.18 bits per heavy atom. The third kappa shape index (κ3) is 3.26. The number of nitrogens with one attached hydrogen (secondary N) is 1. The van der Waals surface area contributed by atoms with E-state index in [0.29, 0.717) is 0 Å². The van der Waals surface area contributed by atoms with Crippen molar-refractivity contribution in [3.8, 4) is 0 Å². The van der Waals surface area contributed by atoms with Crippen LogP contribution in [0.2, 0.25) is 0 Å². The molecule has 116 valence electrons. The number of nitrogens with two attached hydrogens (primary N) is 1. The maximum atomic E-state index is 11.8. The molecule has 3 rings (SSSR count). The Morgan fingerprint density at radius 3 is 2.95 bits per heavy atom. The number of aromatic nitrogens is 1. The Balaban J connectivity index is 1.79. The number of urea groups is 1. The fourth-order valence-electron chi connectivity index (χ4n) is 2.85. The first-order valence-corrected chi connectivity index (χ1v) is 8.14. The van der Waals surface area contributed by atoms with E-state index >= 15 is 0 Å². The molecule has 0 spiro atoms. The minimum absolute atomic E-state index is 0.129. The van der Waals surface area contributed by atoms with E-state index in [0.717, 1.165) is 41.0 Å². The van der Waals surface area contributed by atoms with Gasteiger partial charge >= 0.3 is 6.03 Å². The fourth-order valence-corrected chi connectivity index (χ4v) is 3.99. The zero-order valence-electron chi connectivity index (χ0n) is 12.1. The number of carbonyl (C=O) groups is 2. The monoisotopic (exact) mass is 318 g/mol. The first-order valence-electron chi connectivity index (χ1n) is 7.32. The van der Waals surface area contributed by atoms with Gasteiger partial charge in [-0.3, -0.25) is 15.0 Å². The average Bonchev–Trinajstić information content (AvgIpc) is 2.90. The number of hydrogen-bond donors (Lipinski definition) is 2. The molecule has 3 N–H and O–H groups in total. The van der Waals surface area contributed by atoms with E-state index in [1.54, 1.807) is 11.3 Å². The third-order valence-corrected chi connectivity index (χ3v) is 4.96. The molecule has 22 heavy (non-hydrogen) atoms. The SMILES string of the molecule is NC(=O)NC(=O)CN1CCCC[C@H]1c1nc2ccccc2s1. The molecule has 1 saturated heterocycles. The van der Waals surface area contributed by atoms with Gasteiger partial charge in [0.05, 0.1) is 22.8 Å². The van der Waals surface area contributed by atoms with Gasteiger partial charge in [-0.1, -0.05) is 18.6 Å². The summed E-state index contributed by atoms with van der Waals surface area (Å²) in [5.41, 5.74) is 5.99. The lowest BCUT2D eigenvalue weighted by Gasteiger charge is -2.33. The predicted octanol–water partition coefficient (Wildman–Crippen LogP) is 2.02. The third-order valence-electron chi connectivity index (χ3n) is 3.82. The second-order valence-corrected chi connectivity index (χ2v) is 6.48. The first kappa shape index (κ1) is 14.9. The van der Waals surface area contributed by atoms with Gasteiger partial charge in [-0.05, 0) is 31.5 Å². The van der Waals surface area contributed by atoms with Gasteiger partial charge in [0.15, 0.2) is 0 Å². The van der Waals surface area contributed by atoms with E-state index in [9.17, 15) is 9.59 Å². The van der Waals surface area contributed by atoms with Crippen LogP contribution in [0.5, 0.6) is 0 Å². The molecule has 7 heteroatoms. The Bertz CT molecular complexity index is 667. The van der Waals surface area contributed by atoms with E-state index in [2.05, 4.69) is 16.3 Å². The summed E-state index contributed by atoms with van der Waals surface area (Å²) in [7, 11) is 0. The molecule has 0 aliphatic carbocycles. The fraction of sp³-hybridized carbons (Fsp3) is 0.400. The van der Waals surface area contributed by atoms with Gasteiger partial charge in [-0.25, -0.2) is 9.78 Å². The molecule has 2 aromatic rings. The van der Waals surface area contributed by atoms with Gasteiger partial charge < -0.3 is 5.73 Å². The number of benzene rings is 1. The number of piperidine rings is 1. The molecule has 1 fully saturated rings. The highest BCUT2D eigenvalue weighted by Gasteiger charge is 2.28. The molecule has 0 bridgehead atoms. The maximum Gasteiger partial charge on any atom is 0.318 e. The molecule has 1 aromatic carbocycles. The number of fused-ring (bicyclic) bond motifs is 1. The number of hydrogen-bond acceptors (Lipinski definition) is 5. The van der Waals surface area contributed by atoms with Crippen molar-refractivity contribution in [2.75, 3.05) is 13.1 Å². The second kappa shape index (κ2) is 6.41. The van der Waals surface area contributed by atoms with Crippen LogP contribution in [0.15, 0.2) is 24.3 Å². The van der Waals surface area contributed by atoms with Gasteiger partial charge in [-0.2, -0.15) is 0 Å². The minimum atomic E-state index is -0.807. The lowest BCUT2D eigenvalue weighted by molar-refractivity contribution is -0.122. The normalized spacial score (nSPS) is 19.2. The Hall–Kier alpha value is -1.99. The van der Waals surface area contributed by atoms with Crippen molar-refractivity contribution in [2.24, 2.45) is 5.73 Å². The van der Waals surface area contributed by atoms with Crippen molar-refractivity contribution in [1.29, 1.82) is 0 Å². The van der Waals surface area contributed by atoms with Crippen LogP contribution in [0.25, 0.3) is 10.2 Å². The summed E-state index contributed by atoms with van der Waals surface area (Å²) in [6.45, 7) is 0.996. The molecule has 6 nitrogen and oxygen atoms in total. The van der Waals surface area contributed by atoms with Crippen LogP contribution < -0.4 is 11.1 Å². The van der Waals surface area contributed by atoms with Crippen molar-refractivity contribution < 1.29 is 9.59 Å². The summed E-state index contributed by atoms with van der Waals surface area (Å²) < 4.78 is 1.16. The zero-order chi connectivity index (χ0) is 15.5. The zero-order valence-corrected chi connectivity index (χ0v) is 12.9. The molecule has 1 aromatic heterocycles. The lowest BCUT2D eigenvalue weighted by atomic mass is 10.0.